The predicted molar refractivity (Wildman–Crippen MR) is 290 cm³/mol. The standard InChI is InChI=1S/C59H57Cl3N9O3/c60-45-29-48-57-51(32-45)73-70-23-17-41-12-10-38-5-1-6-40-16-22-69-54(26-40)66-37-65(50-31-47(62)33-52(72-69)58(50)66)21-4-9-44-25-39(7-2-19-63(48)35-67(57)55(70)27-41)14-15-43(44)8-3-20-64-36-68-56-28-42(13-11-38)18-24-71(56)74-53-34-46(61)30-49(64)59(53)68/h14-18,22-34,38H,1-13,19-21,35-37H2/q+3. The van der Waals surface area contributed by atoms with Crippen molar-refractivity contribution in [1.82, 2.24) is 0 Å². The van der Waals surface area contributed by atoms with Crippen molar-refractivity contribution in [2.24, 2.45) is 5.92 Å². The molecular weight excluding hydrogens is 989 g/mol. The summed E-state index contributed by atoms with van der Waals surface area (Å²) in [6.07, 6.45) is 19.5. The Morgan fingerprint density at radius 3 is 1.27 bits per heavy atom. The minimum absolute atomic E-state index is 0.502. The van der Waals surface area contributed by atoms with E-state index >= 15 is 0 Å². The molecule has 374 valence electrons. The van der Waals surface area contributed by atoms with Gasteiger partial charge in [0.05, 0.1) is 17.1 Å². The Kier molecular flexibility index (Phi) is 10.8. The van der Waals surface area contributed by atoms with E-state index in [1.54, 1.807) is 0 Å². The molecule has 0 radical (unpaired) electrons. The predicted octanol–water partition coefficient (Wildman–Crippen LogP) is 11.5. The molecule has 0 N–H and O–H groups in total. The Morgan fingerprint density at radius 1 is 0.392 bits per heavy atom. The molecule has 74 heavy (non-hydrogen) atoms. The Hall–Kier alpha value is -6.60. The van der Waals surface area contributed by atoms with E-state index < -0.39 is 0 Å². The van der Waals surface area contributed by atoms with Crippen molar-refractivity contribution in [2.45, 2.75) is 83.5 Å². The molecule has 1 atom stereocenters. The Morgan fingerprint density at radius 2 is 0.797 bits per heavy atom. The number of fused-ring (bicyclic) bond motifs is 5. The number of nitrogens with zero attached hydrogens (tertiary/aromatic N) is 9. The van der Waals surface area contributed by atoms with Crippen LogP contribution in [0.15, 0.2) is 110 Å². The highest BCUT2D eigenvalue weighted by Crippen LogP contribution is 2.52. The Labute approximate surface area is 446 Å². The first-order chi connectivity index (χ1) is 36.3. The van der Waals surface area contributed by atoms with Gasteiger partial charge in [-0.3, -0.25) is 14.5 Å². The third kappa shape index (κ3) is 7.72. The molecule has 13 heterocycles. The van der Waals surface area contributed by atoms with Gasteiger partial charge in [0.15, 0.2) is 20.0 Å². The molecule has 15 heteroatoms. The zero-order valence-corrected chi connectivity index (χ0v) is 43.6. The summed E-state index contributed by atoms with van der Waals surface area (Å²) in [4.78, 5) is 34.6. The third-order valence-electron chi connectivity index (χ3n) is 16.8. The highest BCUT2D eigenvalue weighted by atomic mass is 35.5. The fourth-order valence-corrected chi connectivity index (χ4v) is 13.8. The van der Waals surface area contributed by atoms with Crippen LogP contribution in [0.5, 0.6) is 17.2 Å². The largest absolute Gasteiger partial charge is 0.332 e. The second kappa shape index (κ2) is 17.8. The molecule has 0 aliphatic carbocycles. The van der Waals surface area contributed by atoms with Gasteiger partial charge in [-0.2, -0.15) is 0 Å². The van der Waals surface area contributed by atoms with Gasteiger partial charge in [0.1, 0.15) is 18.6 Å². The molecule has 16 bridgehead atoms. The summed E-state index contributed by atoms with van der Waals surface area (Å²) in [7, 11) is 0. The average Bonchev–Trinajstić information content (AvgIpc) is 4.08. The van der Waals surface area contributed by atoms with Crippen LogP contribution in [0, 0.1) is 5.92 Å². The molecule has 3 aromatic heterocycles. The van der Waals surface area contributed by atoms with E-state index in [1.807, 2.05) is 32.4 Å². The number of rotatable bonds is 0. The fraction of sp³-hybridized carbons (Fsp3) is 0.339. The van der Waals surface area contributed by atoms with Crippen LogP contribution in [0.4, 0.5) is 51.6 Å². The van der Waals surface area contributed by atoms with Crippen LogP contribution in [-0.4, -0.2) is 39.6 Å². The molecule has 0 saturated heterocycles. The van der Waals surface area contributed by atoms with Crippen LogP contribution in [0.1, 0.15) is 78.3 Å². The molecule has 7 aromatic rings. The molecule has 0 fully saturated rings. The average molecular weight is 1050 g/mol. The van der Waals surface area contributed by atoms with E-state index in [0.29, 0.717) is 21.0 Å². The smallest absolute Gasteiger partial charge is 0.323 e. The number of anilines is 9. The molecule has 0 saturated carbocycles. The van der Waals surface area contributed by atoms with Crippen molar-refractivity contribution < 1.29 is 28.7 Å². The molecule has 12 nitrogen and oxygen atoms in total. The number of pyridine rings is 3. The summed E-state index contributed by atoms with van der Waals surface area (Å²) < 4.78 is 5.77. The van der Waals surface area contributed by atoms with Gasteiger partial charge in [-0.25, -0.2) is 14.7 Å². The second-order valence-electron chi connectivity index (χ2n) is 21.5. The van der Waals surface area contributed by atoms with Crippen LogP contribution >= 0.6 is 34.8 Å². The fourth-order valence-electron chi connectivity index (χ4n) is 13.1. The number of benzene rings is 4. The minimum atomic E-state index is 0.502. The molecular formula is C59H57Cl3N9O3+3. The summed E-state index contributed by atoms with van der Waals surface area (Å²) in [6, 6.07) is 33.3. The quantitative estimate of drug-likeness (QED) is 0.138. The number of halogens is 3. The van der Waals surface area contributed by atoms with Gasteiger partial charge in [0.2, 0.25) is 34.3 Å². The van der Waals surface area contributed by atoms with E-state index in [2.05, 4.69) is 121 Å². The topological polar surface area (TPSA) is 58.8 Å². The van der Waals surface area contributed by atoms with Gasteiger partial charge in [-0.15, -0.1) is 0 Å². The highest BCUT2D eigenvalue weighted by Gasteiger charge is 2.46. The number of aromatic nitrogens is 3. The lowest BCUT2D eigenvalue weighted by Gasteiger charge is -2.22. The summed E-state index contributed by atoms with van der Waals surface area (Å²) >= 11 is 20.6. The van der Waals surface area contributed by atoms with Crippen LogP contribution in [0.2, 0.25) is 15.1 Å². The van der Waals surface area contributed by atoms with Gasteiger partial charge in [0.25, 0.3) is 0 Å². The lowest BCUT2D eigenvalue weighted by Crippen LogP contribution is -2.48. The van der Waals surface area contributed by atoms with Gasteiger partial charge >= 0.3 is 17.5 Å². The minimum Gasteiger partial charge on any atom is -0.332 e. The maximum Gasteiger partial charge on any atom is 0.323 e. The van der Waals surface area contributed by atoms with E-state index in [0.717, 1.165) is 192 Å². The second-order valence-corrected chi connectivity index (χ2v) is 22.8. The number of hydrogen-bond donors (Lipinski definition) is 0. The van der Waals surface area contributed by atoms with Crippen LogP contribution < -0.4 is 58.1 Å². The molecule has 0 amide bonds. The Bertz CT molecular complexity index is 3460. The van der Waals surface area contributed by atoms with Crippen LogP contribution in [-0.2, 0) is 38.5 Å². The van der Waals surface area contributed by atoms with E-state index in [9.17, 15) is 0 Å². The van der Waals surface area contributed by atoms with Crippen molar-refractivity contribution in [2.75, 3.05) is 69.0 Å². The summed E-state index contributed by atoms with van der Waals surface area (Å²) in [5.74, 6) is 6.07. The van der Waals surface area contributed by atoms with E-state index in [4.69, 9.17) is 49.3 Å². The summed E-state index contributed by atoms with van der Waals surface area (Å²) in [5, 5.41) is 2.06. The molecule has 17 rings (SSSR count). The molecule has 1 unspecified atom stereocenters. The third-order valence-corrected chi connectivity index (χ3v) is 17.5. The molecule has 4 aromatic carbocycles. The SMILES string of the molecule is Clc1cc2c3c(c1)N1CCCc4ccc5c(c4)CCCN4CN6c7c(cc(Cl)cc74)O[n+]4ccc(cc46)CCCC(CCc4cc[n+](c(c4)N3C1)O2)CCc1cc[n+]2c(c1)N1CN(CCC5)c3cc(Cl)cc(c31)O2. The maximum atomic E-state index is 6.86. The van der Waals surface area contributed by atoms with E-state index in [1.165, 1.54) is 33.4 Å². The number of hydrogen-bond acceptors (Lipinski definition) is 9. The number of aryl methyl sites for hydroxylation is 6. The normalized spacial score (nSPS) is 19.1. The summed E-state index contributed by atoms with van der Waals surface area (Å²) in [5.41, 5.74) is 14.9. The monoisotopic (exact) mass is 1040 g/mol. The summed E-state index contributed by atoms with van der Waals surface area (Å²) in [6.45, 7) is 4.92. The molecule has 0 spiro atoms. The van der Waals surface area contributed by atoms with Crippen LogP contribution in [0.3, 0.4) is 0 Å². The van der Waals surface area contributed by atoms with Crippen molar-refractivity contribution in [1.29, 1.82) is 0 Å². The lowest BCUT2D eigenvalue weighted by atomic mass is 9.88. The van der Waals surface area contributed by atoms with E-state index in [-0.39, 0.29) is 0 Å². The van der Waals surface area contributed by atoms with Crippen molar-refractivity contribution >= 4 is 86.4 Å². The maximum absolute atomic E-state index is 6.86. The van der Waals surface area contributed by atoms with Gasteiger partial charge in [-0.1, -0.05) is 59.4 Å². The lowest BCUT2D eigenvalue weighted by molar-refractivity contribution is -0.866. The van der Waals surface area contributed by atoms with Gasteiger partial charge in [0, 0.05) is 71.1 Å². The first kappa shape index (κ1) is 44.8. The molecule has 10 aliphatic rings. The zero-order valence-electron chi connectivity index (χ0n) is 41.3. The Balaban J connectivity index is 0.826. The van der Waals surface area contributed by atoms with Gasteiger partial charge < -0.3 is 14.7 Å². The first-order valence-electron chi connectivity index (χ1n) is 26.7. The van der Waals surface area contributed by atoms with Crippen molar-refractivity contribution in [3.8, 4) is 17.2 Å². The first-order valence-corrected chi connectivity index (χ1v) is 27.8. The van der Waals surface area contributed by atoms with Gasteiger partial charge in [-0.05, 0) is 167 Å². The van der Waals surface area contributed by atoms with Crippen molar-refractivity contribution in [3.05, 3.63) is 158 Å². The zero-order chi connectivity index (χ0) is 49.2. The van der Waals surface area contributed by atoms with Crippen molar-refractivity contribution in [3.63, 3.8) is 0 Å². The molecule has 10 aliphatic heterocycles. The van der Waals surface area contributed by atoms with Crippen LogP contribution in [0.25, 0.3) is 0 Å². The highest BCUT2D eigenvalue weighted by molar-refractivity contribution is 6.32.